The van der Waals surface area contributed by atoms with Crippen molar-refractivity contribution in [3.8, 4) is 0 Å². The van der Waals surface area contributed by atoms with Crippen LogP contribution < -0.4 is 5.32 Å². The highest BCUT2D eigenvalue weighted by atomic mass is 16.4. The summed E-state index contributed by atoms with van der Waals surface area (Å²) < 4.78 is 0. The zero-order valence-corrected chi connectivity index (χ0v) is 10.2. The molecular weight excluding hydrogens is 204 g/mol. The van der Waals surface area contributed by atoms with E-state index in [1.165, 1.54) is 5.57 Å². The summed E-state index contributed by atoms with van der Waals surface area (Å²) in [4.78, 5) is 12.8. The highest BCUT2D eigenvalue weighted by molar-refractivity contribution is 5.69. The number of carboxylic acids is 1. The van der Waals surface area contributed by atoms with Gasteiger partial charge in [0.15, 0.2) is 0 Å². The van der Waals surface area contributed by atoms with E-state index >= 15 is 0 Å². The average Bonchev–Trinajstić information content (AvgIpc) is 2.25. The predicted molar refractivity (Wildman–Crippen MR) is 64.5 cm³/mol. The van der Waals surface area contributed by atoms with Crippen molar-refractivity contribution in [3.63, 3.8) is 0 Å². The smallest absolute Gasteiger partial charge is 0.317 e. The summed E-state index contributed by atoms with van der Waals surface area (Å²) in [5, 5.41) is 11.6. The molecule has 0 aromatic rings. The van der Waals surface area contributed by atoms with E-state index in [0.717, 1.165) is 32.5 Å². The highest BCUT2D eigenvalue weighted by Gasteiger charge is 2.18. The Hall–Kier alpha value is -0.870. The van der Waals surface area contributed by atoms with Gasteiger partial charge in [-0.15, -0.1) is 0 Å². The number of allylic oxidation sites excluding steroid dienone is 1. The van der Waals surface area contributed by atoms with Gasteiger partial charge in [0.1, 0.15) is 0 Å². The van der Waals surface area contributed by atoms with Gasteiger partial charge in [-0.3, -0.25) is 9.69 Å². The normalized spacial score (nSPS) is 18.4. The van der Waals surface area contributed by atoms with Crippen LogP contribution in [0, 0.1) is 0 Å². The minimum absolute atomic E-state index is 0.0820. The van der Waals surface area contributed by atoms with Crippen LogP contribution in [0.5, 0.6) is 0 Å². The Morgan fingerprint density at radius 3 is 2.56 bits per heavy atom. The second-order valence-electron chi connectivity index (χ2n) is 4.63. The van der Waals surface area contributed by atoms with Crippen LogP contribution in [0.3, 0.4) is 0 Å². The van der Waals surface area contributed by atoms with Crippen LogP contribution in [0.15, 0.2) is 11.6 Å². The summed E-state index contributed by atoms with van der Waals surface area (Å²) >= 11 is 0. The van der Waals surface area contributed by atoms with Crippen LogP contribution in [0.4, 0.5) is 0 Å². The molecule has 1 saturated heterocycles. The minimum atomic E-state index is -0.771. The number of carbonyl (C=O) groups is 1. The van der Waals surface area contributed by atoms with Gasteiger partial charge in [-0.05, 0) is 39.8 Å². The van der Waals surface area contributed by atoms with Gasteiger partial charge in [0.05, 0.1) is 6.54 Å². The maximum atomic E-state index is 10.4. The van der Waals surface area contributed by atoms with Crippen LogP contribution >= 0.6 is 0 Å². The second-order valence-corrected chi connectivity index (χ2v) is 4.63. The molecule has 1 rings (SSSR count). The summed E-state index contributed by atoms with van der Waals surface area (Å²) in [5.41, 5.74) is 1.35. The molecular formula is C12H22N2O2. The fourth-order valence-corrected chi connectivity index (χ4v) is 1.86. The molecule has 0 aromatic heterocycles. The lowest BCUT2D eigenvalue weighted by molar-refractivity contribution is -0.136. The molecule has 0 spiro atoms. The van der Waals surface area contributed by atoms with Gasteiger partial charge in [-0.2, -0.15) is 0 Å². The number of rotatable bonds is 5. The van der Waals surface area contributed by atoms with Crippen molar-refractivity contribution >= 4 is 5.97 Å². The molecule has 0 saturated carbocycles. The topological polar surface area (TPSA) is 52.6 Å². The quantitative estimate of drug-likeness (QED) is 0.689. The summed E-state index contributed by atoms with van der Waals surface area (Å²) in [6.45, 7) is 7.44. The number of nitrogens with one attached hydrogen (secondary N) is 1. The first-order valence-corrected chi connectivity index (χ1v) is 5.89. The van der Waals surface area contributed by atoms with Crippen LogP contribution in [-0.4, -0.2) is 48.2 Å². The van der Waals surface area contributed by atoms with E-state index in [2.05, 4.69) is 30.1 Å². The molecule has 0 aliphatic carbocycles. The van der Waals surface area contributed by atoms with E-state index < -0.39 is 5.97 Å². The lowest BCUT2D eigenvalue weighted by atomic mass is 10.1. The van der Waals surface area contributed by atoms with Gasteiger partial charge >= 0.3 is 5.97 Å². The first-order valence-electron chi connectivity index (χ1n) is 5.89. The van der Waals surface area contributed by atoms with Crippen molar-refractivity contribution < 1.29 is 9.90 Å². The van der Waals surface area contributed by atoms with E-state index in [0.29, 0.717) is 6.04 Å². The predicted octanol–water partition coefficient (Wildman–Crippen LogP) is 1.09. The number of nitrogens with zero attached hydrogens (tertiary/aromatic N) is 1. The molecule has 4 heteroatoms. The molecule has 0 unspecified atom stereocenters. The van der Waals surface area contributed by atoms with Crippen molar-refractivity contribution in [2.45, 2.75) is 32.7 Å². The second kappa shape index (κ2) is 6.66. The lowest BCUT2D eigenvalue weighted by Gasteiger charge is -2.31. The fraction of sp³-hybridized carbons (Fsp3) is 0.750. The molecule has 1 aliphatic heterocycles. The van der Waals surface area contributed by atoms with Gasteiger partial charge in [-0.1, -0.05) is 11.6 Å². The molecule has 0 atom stereocenters. The molecule has 0 amide bonds. The standard InChI is InChI=1S/C12H22N2O2/c1-10(2)3-6-14-7-4-11(5-8-14)13-9-12(15)16/h3,11,13H,4-9H2,1-2H3,(H,15,16). The number of piperidine rings is 1. The monoisotopic (exact) mass is 226 g/mol. The Bertz CT molecular complexity index is 252. The zero-order chi connectivity index (χ0) is 12.0. The van der Waals surface area contributed by atoms with E-state index in [9.17, 15) is 4.79 Å². The first-order chi connectivity index (χ1) is 7.58. The van der Waals surface area contributed by atoms with Gasteiger partial charge in [0, 0.05) is 12.6 Å². The van der Waals surface area contributed by atoms with Gasteiger partial charge in [0.25, 0.3) is 0 Å². The molecule has 1 heterocycles. The number of aliphatic carboxylic acids is 1. The molecule has 1 fully saturated rings. The van der Waals surface area contributed by atoms with E-state index in [1.807, 2.05) is 0 Å². The van der Waals surface area contributed by atoms with Crippen molar-refractivity contribution in [2.24, 2.45) is 0 Å². The third-order valence-corrected chi connectivity index (χ3v) is 2.89. The van der Waals surface area contributed by atoms with Crippen molar-refractivity contribution in [1.29, 1.82) is 0 Å². The van der Waals surface area contributed by atoms with Crippen LogP contribution in [0.1, 0.15) is 26.7 Å². The number of likely N-dealkylation sites (tertiary alicyclic amines) is 1. The highest BCUT2D eigenvalue weighted by Crippen LogP contribution is 2.10. The molecule has 0 aromatic carbocycles. The Morgan fingerprint density at radius 2 is 2.06 bits per heavy atom. The molecule has 0 bridgehead atoms. The minimum Gasteiger partial charge on any atom is -0.480 e. The maximum absolute atomic E-state index is 10.4. The van der Waals surface area contributed by atoms with E-state index in [-0.39, 0.29) is 6.54 Å². The third-order valence-electron chi connectivity index (χ3n) is 2.89. The Morgan fingerprint density at radius 1 is 1.44 bits per heavy atom. The van der Waals surface area contributed by atoms with E-state index in [4.69, 9.17) is 5.11 Å². The zero-order valence-electron chi connectivity index (χ0n) is 10.2. The Labute approximate surface area is 97.3 Å². The maximum Gasteiger partial charge on any atom is 0.317 e. The Balaban J connectivity index is 2.18. The lowest BCUT2D eigenvalue weighted by Crippen LogP contribution is -2.43. The Kier molecular flexibility index (Phi) is 5.49. The summed E-state index contributed by atoms with van der Waals surface area (Å²) in [5.74, 6) is -0.771. The molecule has 16 heavy (non-hydrogen) atoms. The number of carboxylic acid groups (broad SMARTS) is 1. The average molecular weight is 226 g/mol. The number of hydrogen-bond donors (Lipinski definition) is 2. The van der Waals surface area contributed by atoms with Crippen LogP contribution in [-0.2, 0) is 4.79 Å². The van der Waals surface area contributed by atoms with E-state index in [1.54, 1.807) is 0 Å². The summed E-state index contributed by atoms with van der Waals surface area (Å²) in [6, 6.07) is 0.374. The first kappa shape index (κ1) is 13.2. The van der Waals surface area contributed by atoms with Crippen molar-refractivity contribution in [1.82, 2.24) is 10.2 Å². The van der Waals surface area contributed by atoms with Gasteiger partial charge in [0.2, 0.25) is 0 Å². The molecule has 0 radical (unpaired) electrons. The van der Waals surface area contributed by atoms with Gasteiger partial charge in [-0.25, -0.2) is 0 Å². The van der Waals surface area contributed by atoms with Crippen molar-refractivity contribution in [2.75, 3.05) is 26.2 Å². The molecule has 92 valence electrons. The van der Waals surface area contributed by atoms with Crippen LogP contribution in [0.25, 0.3) is 0 Å². The van der Waals surface area contributed by atoms with Crippen molar-refractivity contribution in [3.05, 3.63) is 11.6 Å². The molecule has 4 nitrogen and oxygen atoms in total. The summed E-state index contributed by atoms with van der Waals surface area (Å²) in [6.07, 6.45) is 4.33. The van der Waals surface area contributed by atoms with Crippen LogP contribution in [0.2, 0.25) is 0 Å². The molecule has 1 aliphatic rings. The molecule has 2 N–H and O–H groups in total. The SMILES string of the molecule is CC(C)=CCN1CCC(NCC(=O)O)CC1. The largest absolute Gasteiger partial charge is 0.480 e. The number of hydrogen-bond acceptors (Lipinski definition) is 3. The summed E-state index contributed by atoms with van der Waals surface area (Å²) in [7, 11) is 0. The third kappa shape index (κ3) is 5.28. The van der Waals surface area contributed by atoms with Gasteiger partial charge < -0.3 is 10.4 Å². The fourth-order valence-electron chi connectivity index (χ4n) is 1.86.